The summed E-state index contributed by atoms with van der Waals surface area (Å²) in [4.78, 5) is 67.8. The number of carbonyl (C=O) groups is 4. The van der Waals surface area contributed by atoms with E-state index in [1.807, 2.05) is 0 Å². The van der Waals surface area contributed by atoms with Crippen molar-refractivity contribution in [2.45, 2.75) is 30.2 Å². The van der Waals surface area contributed by atoms with E-state index in [0.29, 0.717) is 16.2 Å². The number of thiazole rings is 1. The number of nitrogens with one attached hydrogen (secondary N) is 1. The number of ether oxygens (including phenoxy) is 2. The van der Waals surface area contributed by atoms with Crippen molar-refractivity contribution in [3.05, 3.63) is 82.9 Å². The Morgan fingerprint density at radius 3 is 2.33 bits per heavy atom. The number of anilines is 1. The first-order valence-electron chi connectivity index (χ1n) is 13.0. The normalized spacial score (nSPS) is 22.0. The van der Waals surface area contributed by atoms with Gasteiger partial charge in [0.25, 0.3) is 11.8 Å². The lowest BCUT2D eigenvalue weighted by atomic mass is 9.99. The molecule has 5 rings (SSSR count). The van der Waals surface area contributed by atoms with Gasteiger partial charge in [-0.15, -0.1) is 11.3 Å². The van der Waals surface area contributed by atoms with E-state index in [-0.39, 0.29) is 29.4 Å². The highest BCUT2D eigenvalue weighted by Crippen LogP contribution is 2.39. The Balaban J connectivity index is 1.44. The van der Waals surface area contributed by atoms with Crippen LogP contribution in [0.4, 0.5) is 5.13 Å². The zero-order valence-corrected chi connectivity index (χ0v) is 23.6. The first kappa shape index (κ1) is 29.6. The maximum Gasteiger partial charge on any atom is 0.376 e. The number of nitrogens with two attached hydrogens (primary N) is 1. The zero-order chi connectivity index (χ0) is 30.6. The van der Waals surface area contributed by atoms with E-state index in [1.165, 1.54) is 12.5 Å². The van der Waals surface area contributed by atoms with E-state index >= 15 is 0 Å². The summed E-state index contributed by atoms with van der Waals surface area (Å²) in [7, 11) is 1.21. The van der Waals surface area contributed by atoms with E-state index in [4.69, 9.17) is 24.9 Å². The fraction of sp³-hybridized carbons (Fsp3) is 0.286. The van der Waals surface area contributed by atoms with Gasteiger partial charge in [0.2, 0.25) is 0 Å². The largest absolute Gasteiger partial charge is 0.448 e. The molecule has 0 bridgehead atoms. The fourth-order valence-corrected chi connectivity index (χ4v) is 5.23. The van der Waals surface area contributed by atoms with Crippen LogP contribution in [0.3, 0.4) is 0 Å². The van der Waals surface area contributed by atoms with E-state index in [0.717, 1.165) is 11.3 Å². The maximum atomic E-state index is 13.9. The van der Waals surface area contributed by atoms with E-state index < -0.39 is 54.3 Å². The molecule has 14 nitrogen and oxygen atoms in total. The lowest BCUT2D eigenvalue weighted by Crippen LogP contribution is -2.63. The quantitative estimate of drug-likeness (QED) is 0.169. The Hall–Kier alpha value is -4.86. The molecule has 0 saturated carbocycles. The average Bonchev–Trinajstić information content (AvgIpc) is 3.72. The summed E-state index contributed by atoms with van der Waals surface area (Å²) in [5.74, 6) is -3.86. The summed E-state index contributed by atoms with van der Waals surface area (Å²) in [6.45, 7) is -1.55. The van der Waals surface area contributed by atoms with Crippen LogP contribution in [0, 0.1) is 0 Å². The van der Waals surface area contributed by atoms with Gasteiger partial charge in [0.05, 0.1) is 13.0 Å². The topological polar surface area (TPSA) is 192 Å². The van der Waals surface area contributed by atoms with Crippen LogP contribution in [0.2, 0.25) is 0 Å². The number of oxime groups is 1. The minimum atomic E-state index is -2.33. The molecule has 2 saturated heterocycles. The number of benzene rings is 2. The first-order valence-corrected chi connectivity index (χ1v) is 13.9. The number of cyclic esters (lactones) is 1. The lowest BCUT2D eigenvalue weighted by molar-refractivity contribution is -0.260. The number of aromatic nitrogens is 1. The van der Waals surface area contributed by atoms with Crippen molar-refractivity contribution in [1.29, 1.82) is 0 Å². The maximum absolute atomic E-state index is 13.9. The van der Waals surface area contributed by atoms with Crippen LogP contribution in [0.25, 0.3) is 0 Å². The van der Waals surface area contributed by atoms with Crippen molar-refractivity contribution in [1.82, 2.24) is 15.4 Å². The van der Waals surface area contributed by atoms with Crippen molar-refractivity contribution in [3.8, 4) is 0 Å². The molecule has 2 atom stereocenters. The van der Waals surface area contributed by atoms with Crippen LogP contribution >= 0.6 is 11.3 Å². The Kier molecular flexibility index (Phi) is 8.38. The van der Waals surface area contributed by atoms with Gasteiger partial charge in [0.1, 0.15) is 19.4 Å². The van der Waals surface area contributed by atoms with Gasteiger partial charge in [-0.25, -0.2) is 9.78 Å². The molecule has 1 aromatic heterocycles. The number of esters is 2. The molecule has 3 aromatic rings. The van der Waals surface area contributed by atoms with Crippen LogP contribution in [-0.4, -0.2) is 76.2 Å². The SMILES string of the molecule is CON=C(C(=O)NC1(CO)CON(C2(C(=O)OC(c3ccccc3)c3ccccc3)CCC(=O)O2)C1=O)c1csc(N)n1. The summed E-state index contributed by atoms with van der Waals surface area (Å²) in [6, 6.07) is 17.8. The van der Waals surface area contributed by atoms with Gasteiger partial charge in [-0.05, 0) is 11.1 Å². The molecule has 0 spiro atoms. The predicted octanol–water partition coefficient (Wildman–Crippen LogP) is 1.06. The molecule has 3 heterocycles. The molecule has 0 radical (unpaired) electrons. The van der Waals surface area contributed by atoms with Gasteiger partial charge in [0, 0.05) is 11.8 Å². The molecule has 2 aliphatic heterocycles. The Morgan fingerprint density at radius 1 is 1.16 bits per heavy atom. The molecule has 0 aliphatic carbocycles. The number of amides is 2. The summed E-state index contributed by atoms with van der Waals surface area (Å²) >= 11 is 1.05. The highest BCUT2D eigenvalue weighted by Gasteiger charge is 2.64. The van der Waals surface area contributed by atoms with Crippen molar-refractivity contribution in [3.63, 3.8) is 0 Å². The monoisotopic (exact) mass is 609 g/mol. The average molecular weight is 610 g/mol. The van der Waals surface area contributed by atoms with Crippen LogP contribution in [-0.2, 0) is 38.3 Å². The van der Waals surface area contributed by atoms with Crippen LogP contribution in [0.15, 0.2) is 71.2 Å². The number of hydrogen-bond donors (Lipinski definition) is 3. The van der Waals surface area contributed by atoms with Gasteiger partial charge in [-0.2, -0.15) is 5.06 Å². The van der Waals surface area contributed by atoms with Gasteiger partial charge in [-0.1, -0.05) is 65.8 Å². The lowest BCUT2D eigenvalue weighted by Gasteiger charge is -2.34. The second kappa shape index (κ2) is 12.2. The highest BCUT2D eigenvalue weighted by molar-refractivity contribution is 7.13. The molecule has 15 heteroatoms. The van der Waals surface area contributed by atoms with Crippen LogP contribution < -0.4 is 11.1 Å². The Morgan fingerprint density at radius 2 is 1.81 bits per heavy atom. The smallest absolute Gasteiger partial charge is 0.376 e. The summed E-state index contributed by atoms with van der Waals surface area (Å²) in [6.07, 6.45) is -1.45. The second-order valence-electron chi connectivity index (χ2n) is 9.63. The standard InChI is InChI=1S/C28H27N5O9S/c1-39-32-21(19-14-43-26(29)30-19)23(36)31-27(15-34)16-40-33(24(27)37)28(13-12-20(35)42-28)25(38)41-22(17-8-4-2-5-9-17)18-10-6-3-7-11-18/h2-11,14,22,34H,12-13,15-16H2,1H3,(H2,29,30)(H,31,36). The third kappa shape index (κ3) is 5.64. The number of nitrogen functional groups attached to an aromatic ring is 1. The van der Waals surface area contributed by atoms with Crippen molar-refractivity contribution in [2.75, 3.05) is 26.1 Å². The van der Waals surface area contributed by atoms with Gasteiger partial charge < -0.3 is 30.5 Å². The minimum Gasteiger partial charge on any atom is -0.448 e. The number of nitrogens with zero attached hydrogens (tertiary/aromatic N) is 3. The highest BCUT2D eigenvalue weighted by atomic mass is 32.1. The Labute approximate surface area is 248 Å². The summed E-state index contributed by atoms with van der Waals surface area (Å²) in [5.41, 5.74) is 2.24. The zero-order valence-electron chi connectivity index (χ0n) is 22.8. The number of aliphatic hydroxyl groups excluding tert-OH is 1. The van der Waals surface area contributed by atoms with Crippen molar-refractivity contribution < 1.29 is 43.4 Å². The molecule has 43 heavy (non-hydrogen) atoms. The molecular weight excluding hydrogens is 582 g/mol. The van der Waals surface area contributed by atoms with E-state index in [2.05, 4.69) is 15.5 Å². The van der Waals surface area contributed by atoms with E-state index in [1.54, 1.807) is 60.7 Å². The molecule has 2 unspecified atom stereocenters. The number of hydroxylamine groups is 2. The number of hydrogen-bond acceptors (Lipinski definition) is 13. The third-order valence-corrected chi connectivity index (χ3v) is 7.52. The molecule has 2 fully saturated rings. The molecular formula is C28H27N5O9S. The molecule has 224 valence electrons. The number of aliphatic hydroxyl groups is 1. The number of carbonyl (C=O) groups excluding carboxylic acids is 4. The van der Waals surface area contributed by atoms with Crippen LogP contribution in [0.5, 0.6) is 0 Å². The molecule has 2 aliphatic rings. The van der Waals surface area contributed by atoms with Gasteiger partial charge in [-0.3, -0.25) is 19.2 Å². The van der Waals surface area contributed by atoms with Crippen LogP contribution in [0.1, 0.15) is 35.8 Å². The second-order valence-corrected chi connectivity index (χ2v) is 10.5. The first-order chi connectivity index (χ1) is 20.7. The minimum absolute atomic E-state index is 0.0656. The van der Waals surface area contributed by atoms with Crippen molar-refractivity contribution in [2.24, 2.45) is 5.16 Å². The van der Waals surface area contributed by atoms with Gasteiger partial charge >= 0.3 is 17.7 Å². The molecule has 2 aromatic carbocycles. The molecule has 4 N–H and O–H groups in total. The predicted molar refractivity (Wildman–Crippen MR) is 150 cm³/mol. The van der Waals surface area contributed by atoms with E-state index in [9.17, 15) is 24.3 Å². The summed E-state index contributed by atoms with van der Waals surface area (Å²) < 4.78 is 11.4. The Bertz CT molecular complexity index is 1510. The molecule has 2 amide bonds. The number of rotatable bonds is 10. The van der Waals surface area contributed by atoms with Crippen molar-refractivity contribution >= 4 is 45.9 Å². The third-order valence-electron chi connectivity index (χ3n) is 6.85. The fourth-order valence-electron chi connectivity index (χ4n) is 4.68. The summed E-state index contributed by atoms with van der Waals surface area (Å²) in [5, 5.41) is 18.6. The van der Waals surface area contributed by atoms with Gasteiger partial charge in [0.15, 0.2) is 22.5 Å².